The summed E-state index contributed by atoms with van der Waals surface area (Å²) in [4.78, 5) is 8.74. The van der Waals surface area contributed by atoms with Gasteiger partial charge < -0.3 is 15.2 Å². The minimum Gasteiger partial charge on any atom is -0.479 e. The van der Waals surface area contributed by atoms with Gasteiger partial charge in [-0.25, -0.2) is 4.98 Å². The number of aromatic nitrogens is 2. The van der Waals surface area contributed by atoms with Crippen molar-refractivity contribution in [3.05, 3.63) is 48.2 Å². The molecule has 3 aromatic rings. The Morgan fingerprint density at radius 1 is 1.00 bits per heavy atom. The van der Waals surface area contributed by atoms with E-state index in [9.17, 15) is 0 Å². The molecule has 106 valence electrons. The molecule has 2 heterocycles. The van der Waals surface area contributed by atoms with Gasteiger partial charge in [-0.05, 0) is 25.1 Å². The van der Waals surface area contributed by atoms with Crippen LogP contribution >= 0.6 is 0 Å². The second-order valence-electron chi connectivity index (χ2n) is 4.63. The summed E-state index contributed by atoms with van der Waals surface area (Å²) < 4.78 is 10.9. The molecule has 0 saturated heterocycles. The molecule has 0 bridgehead atoms. The van der Waals surface area contributed by atoms with E-state index in [2.05, 4.69) is 9.97 Å². The zero-order chi connectivity index (χ0) is 14.8. The highest BCUT2D eigenvalue weighted by atomic mass is 16.5. The number of para-hydroxylation sites is 1. The number of aryl methyl sites for hydroxylation is 1. The van der Waals surface area contributed by atoms with Crippen LogP contribution < -0.4 is 15.2 Å². The predicted octanol–water partition coefficient (Wildman–Crippen LogP) is 3.32. The van der Waals surface area contributed by atoms with Crippen molar-refractivity contribution in [2.24, 2.45) is 0 Å². The van der Waals surface area contributed by atoms with Crippen LogP contribution in [-0.4, -0.2) is 17.1 Å². The number of benzene rings is 1. The third-order valence-electron chi connectivity index (χ3n) is 3.09. The Bertz CT molecular complexity index is 803. The van der Waals surface area contributed by atoms with E-state index in [1.165, 1.54) is 7.11 Å². The summed E-state index contributed by atoms with van der Waals surface area (Å²) in [5, 5.41) is 1.01. The van der Waals surface area contributed by atoms with Crippen LogP contribution in [0.5, 0.6) is 17.5 Å². The summed E-state index contributed by atoms with van der Waals surface area (Å²) in [5.41, 5.74) is 7.95. The van der Waals surface area contributed by atoms with Gasteiger partial charge in [0.05, 0.1) is 12.8 Å². The summed E-state index contributed by atoms with van der Waals surface area (Å²) in [5.74, 6) is 1.41. The number of nitrogens with two attached hydrogens (primary N) is 1. The number of nitrogens with zero attached hydrogens (tertiary/aromatic N) is 2. The van der Waals surface area contributed by atoms with E-state index >= 15 is 0 Å². The van der Waals surface area contributed by atoms with Gasteiger partial charge in [0.25, 0.3) is 0 Å². The number of anilines is 1. The van der Waals surface area contributed by atoms with Crippen LogP contribution in [-0.2, 0) is 0 Å². The SMILES string of the molecule is COc1nc(Oc2cccc3ccc(C)nc23)ccc1N. The zero-order valence-electron chi connectivity index (χ0n) is 11.8. The first-order chi connectivity index (χ1) is 10.2. The van der Waals surface area contributed by atoms with E-state index in [4.69, 9.17) is 15.2 Å². The molecule has 2 N–H and O–H groups in total. The molecule has 5 heteroatoms. The monoisotopic (exact) mass is 281 g/mol. The third-order valence-corrected chi connectivity index (χ3v) is 3.09. The Morgan fingerprint density at radius 2 is 1.86 bits per heavy atom. The molecule has 0 amide bonds. The summed E-state index contributed by atoms with van der Waals surface area (Å²) in [6.45, 7) is 1.95. The van der Waals surface area contributed by atoms with Crippen LogP contribution in [0.1, 0.15) is 5.69 Å². The second-order valence-corrected chi connectivity index (χ2v) is 4.63. The molecular weight excluding hydrogens is 266 g/mol. The van der Waals surface area contributed by atoms with Crippen LogP contribution in [0.4, 0.5) is 5.69 Å². The minimum absolute atomic E-state index is 0.344. The zero-order valence-corrected chi connectivity index (χ0v) is 11.8. The molecule has 0 aliphatic heterocycles. The Labute approximate surface area is 122 Å². The first-order valence-corrected chi connectivity index (χ1v) is 6.52. The van der Waals surface area contributed by atoms with Crippen molar-refractivity contribution >= 4 is 16.6 Å². The maximum atomic E-state index is 5.83. The van der Waals surface area contributed by atoms with Crippen molar-refractivity contribution in [2.45, 2.75) is 6.92 Å². The van der Waals surface area contributed by atoms with Crippen LogP contribution in [0.2, 0.25) is 0 Å². The Balaban J connectivity index is 2.03. The van der Waals surface area contributed by atoms with E-state index in [1.807, 2.05) is 37.3 Å². The topological polar surface area (TPSA) is 70.3 Å². The number of nitrogen functional groups attached to an aromatic ring is 1. The van der Waals surface area contributed by atoms with Crippen LogP contribution in [0.25, 0.3) is 10.9 Å². The molecule has 0 unspecified atom stereocenters. The fraction of sp³-hybridized carbons (Fsp3) is 0.125. The molecule has 5 nitrogen and oxygen atoms in total. The minimum atomic E-state index is 0.344. The van der Waals surface area contributed by atoms with Gasteiger partial charge in [0.1, 0.15) is 5.52 Å². The normalized spacial score (nSPS) is 10.6. The molecule has 0 saturated carbocycles. The quantitative estimate of drug-likeness (QED) is 0.797. The van der Waals surface area contributed by atoms with Gasteiger partial charge in [-0.2, -0.15) is 4.98 Å². The van der Waals surface area contributed by atoms with E-state index in [0.29, 0.717) is 23.2 Å². The average molecular weight is 281 g/mol. The number of ether oxygens (including phenoxy) is 2. The van der Waals surface area contributed by atoms with Gasteiger partial charge >= 0.3 is 0 Å². The number of hydrogen-bond donors (Lipinski definition) is 1. The molecule has 21 heavy (non-hydrogen) atoms. The largest absolute Gasteiger partial charge is 0.479 e. The highest BCUT2D eigenvalue weighted by molar-refractivity contribution is 5.84. The molecule has 0 aliphatic rings. The van der Waals surface area contributed by atoms with E-state index in [0.717, 1.165) is 16.6 Å². The lowest BCUT2D eigenvalue weighted by Gasteiger charge is -2.10. The smallest absolute Gasteiger partial charge is 0.240 e. The predicted molar refractivity (Wildman–Crippen MR) is 81.8 cm³/mol. The molecule has 0 radical (unpaired) electrons. The maximum absolute atomic E-state index is 5.83. The van der Waals surface area contributed by atoms with Gasteiger partial charge in [-0.15, -0.1) is 0 Å². The van der Waals surface area contributed by atoms with Gasteiger partial charge in [-0.3, -0.25) is 0 Å². The molecule has 2 aromatic heterocycles. The van der Waals surface area contributed by atoms with E-state index in [1.54, 1.807) is 12.1 Å². The lowest BCUT2D eigenvalue weighted by molar-refractivity contribution is 0.386. The number of rotatable bonds is 3. The van der Waals surface area contributed by atoms with Gasteiger partial charge in [-0.1, -0.05) is 18.2 Å². The van der Waals surface area contributed by atoms with E-state index < -0.39 is 0 Å². The Hall–Kier alpha value is -2.82. The summed E-state index contributed by atoms with van der Waals surface area (Å²) in [6, 6.07) is 13.2. The third kappa shape index (κ3) is 2.58. The molecule has 3 rings (SSSR count). The number of pyridine rings is 2. The van der Waals surface area contributed by atoms with Crippen LogP contribution in [0, 0.1) is 6.92 Å². The van der Waals surface area contributed by atoms with Gasteiger partial charge in [0.15, 0.2) is 5.75 Å². The van der Waals surface area contributed by atoms with Crippen LogP contribution in [0.3, 0.4) is 0 Å². The first-order valence-electron chi connectivity index (χ1n) is 6.52. The number of hydrogen-bond acceptors (Lipinski definition) is 5. The van der Waals surface area contributed by atoms with Crippen molar-refractivity contribution in [1.29, 1.82) is 0 Å². The van der Waals surface area contributed by atoms with Crippen molar-refractivity contribution in [1.82, 2.24) is 9.97 Å². The fourth-order valence-electron chi connectivity index (χ4n) is 2.07. The Kier molecular flexibility index (Phi) is 3.31. The molecule has 0 atom stereocenters. The fourth-order valence-corrected chi connectivity index (χ4v) is 2.07. The molecule has 0 aliphatic carbocycles. The lowest BCUT2D eigenvalue weighted by atomic mass is 10.2. The van der Waals surface area contributed by atoms with Gasteiger partial charge in [0.2, 0.25) is 11.8 Å². The standard InChI is InChI=1S/C16H15N3O2/c1-10-6-7-11-4-3-5-13(15(11)18-10)21-14-9-8-12(17)16(19-14)20-2/h3-9H,17H2,1-2H3. The average Bonchev–Trinajstić information content (AvgIpc) is 2.50. The second kappa shape index (κ2) is 5.28. The highest BCUT2D eigenvalue weighted by Gasteiger charge is 2.08. The van der Waals surface area contributed by atoms with Crippen molar-refractivity contribution in [3.8, 4) is 17.5 Å². The van der Waals surface area contributed by atoms with Crippen molar-refractivity contribution < 1.29 is 9.47 Å². The number of fused-ring (bicyclic) bond motifs is 1. The lowest BCUT2D eigenvalue weighted by Crippen LogP contribution is -1.97. The molecule has 0 fully saturated rings. The number of methoxy groups -OCH3 is 1. The van der Waals surface area contributed by atoms with E-state index in [-0.39, 0.29) is 0 Å². The highest BCUT2D eigenvalue weighted by Crippen LogP contribution is 2.30. The first kappa shape index (κ1) is 13.2. The summed E-state index contributed by atoms with van der Waals surface area (Å²) >= 11 is 0. The van der Waals surface area contributed by atoms with Gasteiger partial charge in [0, 0.05) is 17.1 Å². The summed E-state index contributed by atoms with van der Waals surface area (Å²) in [6.07, 6.45) is 0. The Morgan fingerprint density at radius 3 is 2.67 bits per heavy atom. The maximum Gasteiger partial charge on any atom is 0.240 e. The molecular formula is C16H15N3O2. The summed E-state index contributed by atoms with van der Waals surface area (Å²) in [7, 11) is 1.52. The molecule has 0 spiro atoms. The molecule has 1 aromatic carbocycles. The van der Waals surface area contributed by atoms with Crippen molar-refractivity contribution in [3.63, 3.8) is 0 Å². The van der Waals surface area contributed by atoms with Crippen molar-refractivity contribution in [2.75, 3.05) is 12.8 Å². The van der Waals surface area contributed by atoms with Crippen LogP contribution in [0.15, 0.2) is 42.5 Å².